The van der Waals surface area contributed by atoms with Gasteiger partial charge in [-0.15, -0.1) is 0 Å². The van der Waals surface area contributed by atoms with Crippen molar-refractivity contribution in [3.63, 3.8) is 0 Å². The lowest BCUT2D eigenvalue weighted by Gasteiger charge is -2.08. The molecule has 0 unspecified atom stereocenters. The number of nitrogens with zero attached hydrogens (tertiary/aromatic N) is 1. The van der Waals surface area contributed by atoms with Crippen LogP contribution in [0.1, 0.15) is 0 Å². The van der Waals surface area contributed by atoms with Crippen LogP contribution in [0, 0.1) is 0 Å². The number of carbonyl (C=O) groups excluding carboxylic acids is 1. The van der Waals surface area contributed by atoms with Gasteiger partial charge in [-0.3, -0.25) is 4.79 Å². The molecule has 2 N–H and O–H groups in total. The molecule has 1 aromatic heterocycles. The first-order valence-corrected chi connectivity index (χ1v) is 11.5. The number of aromatic amines is 1. The van der Waals surface area contributed by atoms with Gasteiger partial charge in [-0.1, -0.05) is 78.3 Å². The fourth-order valence-electron chi connectivity index (χ4n) is 3.75. The van der Waals surface area contributed by atoms with Gasteiger partial charge in [-0.2, -0.15) is 0 Å². The van der Waals surface area contributed by atoms with Gasteiger partial charge in [-0.05, 0) is 42.5 Å². The van der Waals surface area contributed by atoms with Gasteiger partial charge in [0.15, 0.2) is 6.61 Å². The Labute approximate surface area is 208 Å². The van der Waals surface area contributed by atoms with Gasteiger partial charge in [0.05, 0.1) is 11.4 Å². The van der Waals surface area contributed by atoms with Crippen molar-refractivity contribution in [2.45, 2.75) is 0 Å². The lowest BCUT2D eigenvalue weighted by Crippen LogP contribution is -2.20. The lowest BCUT2D eigenvalue weighted by molar-refractivity contribution is -0.118. The van der Waals surface area contributed by atoms with Crippen LogP contribution in [0.15, 0.2) is 109 Å². The molecule has 5 rings (SSSR count). The number of aromatic nitrogens is 2. The predicted octanol–water partition coefficient (Wildman–Crippen LogP) is 7.08. The first-order chi connectivity index (χ1) is 17.2. The number of hydrogen-bond donors (Lipinski definition) is 2. The Bertz CT molecular complexity index is 1380. The molecule has 0 saturated carbocycles. The highest BCUT2D eigenvalue weighted by molar-refractivity contribution is 6.30. The first kappa shape index (κ1) is 22.4. The van der Waals surface area contributed by atoms with Crippen LogP contribution in [-0.2, 0) is 4.79 Å². The number of amides is 1. The average molecular weight is 480 g/mol. The molecule has 0 aliphatic heterocycles. The number of halogens is 1. The average Bonchev–Trinajstić information content (AvgIpc) is 3.34. The van der Waals surface area contributed by atoms with Crippen molar-refractivity contribution in [3.05, 3.63) is 114 Å². The SMILES string of the molecule is O=C(COc1ccc(-c2nc(-c3ccccc3)c(-c3ccccc3)[nH]2)cc1)Nc1cccc(Cl)c1. The Kier molecular flexibility index (Phi) is 6.59. The predicted molar refractivity (Wildman–Crippen MR) is 140 cm³/mol. The second-order valence-electron chi connectivity index (χ2n) is 7.91. The van der Waals surface area contributed by atoms with E-state index < -0.39 is 0 Å². The fraction of sp³-hybridized carbons (Fsp3) is 0.0345. The third-order valence-electron chi connectivity index (χ3n) is 5.42. The maximum atomic E-state index is 12.2. The van der Waals surface area contributed by atoms with Gasteiger partial charge < -0.3 is 15.0 Å². The number of anilines is 1. The van der Waals surface area contributed by atoms with Crippen LogP contribution in [0.3, 0.4) is 0 Å². The van der Waals surface area contributed by atoms with Gasteiger partial charge >= 0.3 is 0 Å². The third kappa shape index (κ3) is 5.42. The maximum Gasteiger partial charge on any atom is 0.262 e. The summed E-state index contributed by atoms with van der Waals surface area (Å²) >= 11 is 5.96. The summed E-state index contributed by atoms with van der Waals surface area (Å²) in [5, 5.41) is 3.33. The number of rotatable bonds is 7. The molecule has 0 radical (unpaired) electrons. The van der Waals surface area contributed by atoms with Gasteiger partial charge in [0.2, 0.25) is 0 Å². The number of hydrogen-bond acceptors (Lipinski definition) is 3. The summed E-state index contributed by atoms with van der Waals surface area (Å²) in [4.78, 5) is 20.6. The van der Waals surface area contributed by atoms with Crippen LogP contribution in [0.4, 0.5) is 5.69 Å². The summed E-state index contributed by atoms with van der Waals surface area (Å²) < 4.78 is 5.65. The normalized spacial score (nSPS) is 10.7. The summed E-state index contributed by atoms with van der Waals surface area (Å²) in [7, 11) is 0. The molecule has 35 heavy (non-hydrogen) atoms. The fourth-order valence-corrected chi connectivity index (χ4v) is 3.94. The molecule has 5 nitrogen and oxygen atoms in total. The molecule has 4 aromatic carbocycles. The number of imidazole rings is 1. The standard InChI is InChI=1S/C29H22ClN3O2/c30-23-12-7-13-24(18-23)31-26(34)19-35-25-16-14-22(15-17-25)29-32-27(20-8-3-1-4-9-20)28(33-29)21-10-5-2-6-11-21/h1-18H,19H2,(H,31,34)(H,32,33). The van der Waals surface area contributed by atoms with Gasteiger partial charge in [0.1, 0.15) is 11.6 Å². The minimum Gasteiger partial charge on any atom is -0.484 e. The summed E-state index contributed by atoms with van der Waals surface area (Å²) in [6.45, 7) is -0.108. The first-order valence-electron chi connectivity index (χ1n) is 11.2. The van der Waals surface area contributed by atoms with Crippen molar-refractivity contribution in [3.8, 4) is 39.7 Å². The van der Waals surface area contributed by atoms with E-state index in [9.17, 15) is 4.79 Å². The van der Waals surface area contributed by atoms with E-state index in [4.69, 9.17) is 21.3 Å². The number of nitrogens with one attached hydrogen (secondary N) is 2. The van der Waals surface area contributed by atoms with Crippen molar-refractivity contribution in [1.29, 1.82) is 0 Å². The van der Waals surface area contributed by atoms with E-state index in [1.807, 2.05) is 60.7 Å². The quantitative estimate of drug-likeness (QED) is 0.262. The van der Waals surface area contributed by atoms with Gasteiger partial charge in [0.25, 0.3) is 5.91 Å². The molecule has 5 aromatic rings. The van der Waals surface area contributed by atoms with E-state index in [1.165, 1.54) is 0 Å². The van der Waals surface area contributed by atoms with Crippen molar-refractivity contribution in [2.24, 2.45) is 0 Å². The number of benzene rings is 4. The van der Waals surface area contributed by atoms with E-state index in [0.717, 1.165) is 33.9 Å². The second kappa shape index (κ2) is 10.3. The summed E-state index contributed by atoms with van der Waals surface area (Å²) in [5.74, 6) is 1.09. The molecule has 0 saturated heterocycles. The minimum absolute atomic E-state index is 0.108. The van der Waals surface area contributed by atoms with Crippen LogP contribution < -0.4 is 10.1 Å². The third-order valence-corrected chi connectivity index (χ3v) is 5.65. The lowest BCUT2D eigenvalue weighted by atomic mass is 10.1. The summed E-state index contributed by atoms with van der Waals surface area (Å²) in [6, 6.07) is 34.8. The number of carbonyl (C=O) groups is 1. The van der Waals surface area contributed by atoms with E-state index >= 15 is 0 Å². The molecule has 0 spiro atoms. The molecular formula is C29H22ClN3O2. The summed E-state index contributed by atoms with van der Waals surface area (Å²) in [6.07, 6.45) is 0. The zero-order valence-electron chi connectivity index (χ0n) is 18.7. The molecule has 0 aliphatic carbocycles. The van der Waals surface area contributed by atoms with E-state index in [-0.39, 0.29) is 12.5 Å². The number of H-pyrrole nitrogens is 1. The molecule has 1 heterocycles. The maximum absolute atomic E-state index is 12.2. The smallest absolute Gasteiger partial charge is 0.262 e. The van der Waals surface area contributed by atoms with Crippen molar-refractivity contribution in [2.75, 3.05) is 11.9 Å². The minimum atomic E-state index is -0.262. The molecule has 0 aliphatic rings. The zero-order chi connectivity index (χ0) is 24.0. The second-order valence-corrected chi connectivity index (χ2v) is 8.35. The van der Waals surface area contributed by atoms with E-state index in [0.29, 0.717) is 16.5 Å². The van der Waals surface area contributed by atoms with Crippen LogP contribution in [0.25, 0.3) is 33.9 Å². The summed E-state index contributed by atoms with van der Waals surface area (Å²) in [5.41, 5.74) is 5.51. The molecule has 1 amide bonds. The van der Waals surface area contributed by atoms with Gasteiger partial charge in [-0.25, -0.2) is 4.98 Å². The van der Waals surface area contributed by atoms with Gasteiger partial charge in [0, 0.05) is 27.4 Å². The molecular weight excluding hydrogens is 458 g/mol. The van der Waals surface area contributed by atoms with Crippen molar-refractivity contribution < 1.29 is 9.53 Å². The topological polar surface area (TPSA) is 67.0 Å². The van der Waals surface area contributed by atoms with Crippen LogP contribution in [0.2, 0.25) is 5.02 Å². The zero-order valence-corrected chi connectivity index (χ0v) is 19.5. The molecule has 6 heteroatoms. The Morgan fingerprint density at radius 2 is 1.49 bits per heavy atom. The highest BCUT2D eigenvalue weighted by Gasteiger charge is 2.15. The number of ether oxygens (including phenoxy) is 1. The molecule has 172 valence electrons. The highest BCUT2D eigenvalue weighted by Crippen LogP contribution is 2.33. The molecule has 0 atom stereocenters. The monoisotopic (exact) mass is 479 g/mol. The molecule has 0 bridgehead atoms. The van der Waals surface area contributed by atoms with E-state index in [2.05, 4.69) is 34.6 Å². The van der Waals surface area contributed by atoms with Crippen molar-refractivity contribution >= 4 is 23.2 Å². The van der Waals surface area contributed by atoms with E-state index in [1.54, 1.807) is 24.3 Å². The highest BCUT2D eigenvalue weighted by atomic mass is 35.5. The Morgan fingerprint density at radius 1 is 0.800 bits per heavy atom. The van der Waals surface area contributed by atoms with Crippen LogP contribution in [0.5, 0.6) is 5.75 Å². The Balaban J connectivity index is 1.32. The van der Waals surface area contributed by atoms with Crippen molar-refractivity contribution in [1.82, 2.24) is 9.97 Å². The molecule has 0 fully saturated rings. The van der Waals surface area contributed by atoms with Crippen LogP contribution >= 0.6 is 11.6 Å². The largest absolute Gasteiger partial charge is 0.484 e. The Hall–Kier alpha value is -4.35. The van der Waals surface area contributed by atoms with Crippen LogP contribution in [-0.4, -0.2) is 22.5 Å². The Morgan fingerprint density at radius 3 is 2.17 bits per heavy atom.